The molecule has 86 valence electrons. The van der Waals surface area contributed by atoms with Crippen LogP contribution >= 0.6 is 0 Å². The molecule has 0 aromatic heterocycles. The van der Waals surface area contributed by atoms with Gasteiger partial charge in [-0.1, -0.05) is 20.8 Å². The average Bonchev–Trinajstić information content (AvgIpc) is 2.28. The number of carbonyl (C=O) groups excluding carboxylic acids is 2. The summed E-state index contributed by atoms with van der Waals surface area (Å²) in [4.78, 5) is 22.8. The van der Waals surface area contributed by atoms with E-state index in [9.17, 15) is 9.59 Å². The second-order valence-corrected chi connectivity index (χ2v) is 4.00. The first-order valence-corrected chi connectivity index (χ1v) is 5.48. The molecule has 0 spiro atoms. The van der Waals surface area contributed by atoms with Gasteiger partial charge in [0.25, 0.3) is 0 Å². The minimum absolute atomic E-state index is 0.00363. The van der Waals surface area contributed by atoms with E-state index in [1.807, 2.05) is 13.8 Å². The highest BCUT2D eigenvalue weighted by Crippen LogP contribution is 2.13. The van der Waals surface area contributed by atoms with Crippen LogP contribution in [-0.2, 0) is 4.79 Å². The highest BCUT2D eigenvalue weighted by atomic mass is 16.1. The molecule has 3 heteroatoms. The number of hydrogen-bond donors (Lipinski definition) is 1. The Morgan fingerprint density at radius 2 is 1.75 bits per heavy atom. The molecule has 0 aliphatic rings. The van der Waals surface area contributed by atoms with E-state index < -0.39 is 0 Å². The first-order chi connectivity index (χ1) is 7.54. The first-order valence-electron chi connectivity index (χ1n) is 5.48. The van der Waals surface area contributed by atoms with Crippen molar-refractivity contribution < 1.29 is 9.59 Å². The third kappa shape index (κ3) is 3.19. The number of nitrogens with one attached hydrogen (secondary N) is 1. The van der Waals surface area contributed by atoms with Gasteiger partial charge in [-0.3, -0.25) is 9.59 Å². The number of benzene rings is 1. The topological polar surface area (TPSA) is 46.2 Å². The zero-order valence-electron chi connectivity index (χ0n) is 9.91. The molecular formula is C13H17NO2. The molecule has 0 radical (unpaired) electrons. The monoisotopic (exact) mass is 219 g/mol. The van der Waals surface area contributed by atoms with E-state index in [0.717, 1.165) is 5.69 Å². The van der Waals surface area contributed by atoms with Gasteiger partial charge in [0, 0.05) is 23.6 Å². The van der Waals surface area contributed by atoms with Gasteiger partial charge in [0.05, 0.1) is 0 Å². The van der Waals surface area contributed by atoms with Crippen molar-refractivity contribution in [3.05, 3.63) is 29.8 Å². The summed E-state index contributed by atoms with van der Waals surface area (Å²) in [7, 11) is 0. The van der Waals surface area contributed by atoms with Gasteiger partial charge in [0.2, 0.25) is 5.91 Å². The molecule has 0 bridgehead atoms. The van der Waals surface area contributed by atoms with Crippen LogP contribution in [0.2, 0.25) is 0 Å². The molecule has 1 amide bonds. The summed E-state index contributed by atoms with van der Waals surface area (Å²) in [6.07, 6.45) is 0.451. The molecule has 0 aliphatic carbocycles. The lowest BCUT2D eigenvalue weighted by molar-refractivity contribution is -0.115. The van der Waals surface area contributed by atoms with Gasteiger partial charge in [-0.25, -0.2) is 0 Å². The van der Waals surface area contributed by atoms with Crippen LogP contribution in [0.15, 0.2) is 24.3 Å². The van der Waals surface area contributed by atoms with Crippen molar-refractivity contribution in [2.45, 2.75) is 27.2 Å². The summed E-state index contributed by atoms with van der Waals surface area (Å²) in [5.74, 6) is 0.0902. The van der Waals surface area contributed by atoms with E-state index in [4.69, 9.17) is 0 Å². The van der Waals surface area contributed by atoms with Crippen LogP contribution in [0, 0.1) is 5.92 Å². The van der Waals surface area contributed by atoms with Crippen LogP contribution in [0.5, 0.6) is 0 Å². The highest BCUT2D eigenvalue weighted by Gasteiger charge is 2.09. The molecule has 0 unspecified atom stereocenters. The van der Waals surface area contributed by atoms with E-state index in [-0.39, 0.29) is 17.6 Å². The Kier molecular flexibility index (Phi) is 4.23. The fraction of sp³-hybridized carbons (Fsp3) is 0.385. The minimum atomic E-state index is -0.0251. The summed E-state index contributed by atoms with van der Waals surface area (Å²) >= 11 is 0. The highest BCUT2D eigenvalue weighted by molar-refractivity contribution is 5.98. The van der Waals surface area contributed by atoms with Gasteiger partial charge in [-0.2, -0.15) is 0 Å². The second-order valence-electron chi connectivity index (χ2n) is 4.00. The summed E-state index contributed by atoms with van der Waals surface area (Å²) < 4.78 is 0. The number of amides is 1. The normalized spacial score (nSPS) is 10.2. The van der Waals surface area contributed by atoms with E-state index >= 15 is 0 Å². The van der Waals surface area contributed by atoms with Crippen molar-refractivity contribution in [1.82, 2.24) is 0 Å². The molecular weight excluding hydrogens is 202 g/mol. The fourth-order valence-electron chi connectivity index (χ4n) is 1.30. The number of Topliss-reactive ketones (excluding diaryl/α,β-unsaturated/α-hetero) is 1. The molecule has 1 aromatic rings. The van der Waals surface area contributed by atoms with E-state index in [1.165, 1.54) is 0 Å². The zero-order valence-corrected chi connectivity index (χ0v) is 9.91. The maximum atomic E-state index is 11.6. The maximum absolute atomic E-state index is 11.6. The molecule has 0 heterocycles. The minimum Gasteiger partial charge on any atom is -0.326 e. The SMILES string of the molecule is CCC(=O)Nc1ccc(C(=O)C(C)C)cc1. The van der Waals surface area contributed by atoms with Crippen LogP contribution in [0.25, 0.3) is 0 Å². The Balaban J connectivity index is 2.75. The maximum Gasteiger partial charge on any atom is 0.224 e. The number of anilines is 1. The van der Waals surface area contributed by atoms with Gasteiger partial charge in [0.1, 0.15) is 0 Å². The lowest BCUT2D eigenvalue weighted by Crippen LogP contribution is -2.10. The predicted octanol–water partition coefficient (Wildman–Crippen LogP) is 2.87. The number of ketones is 1. The Labute approximate surface area is 95.9 Å². The second kappa shape index (κ2) is 5.45. The van der Waals surface area contributed by atoms with Gasteiger partial charge >= 0.3 is 0 Å². The Morgan fingerprint density at radius 3 is 2.19 bits per heavy atom. The molecule has 1 N–H and O–H groups in total. The largest absolute Gasteiger partial charge is 0.326 e. The Hall–Kier alpha value is -1.64. The third-order valence-corrected chi connectivity index (χ3v) is 2.30. The summed E-state index contributed by atoms with van der Waals surface area (Å²) in [6.45, 7) is 5.54. The van der Waals surface area contributed by atoms with Crippen molar-refractivity contribution in [3.63, 3.8) is 0 Å². The van der Waals surface area contributed by atoms with Gasteiger partial charge in [-0.05, 0) is 24.3 Å². The summed E-state index contributed by atoms with van der Waals surface area (Å²) in [6, 6.07) is 6.99. The average molecular weight is 219 g/mol. The summed E-state index contributed by atoms with van der Waals surface area (Å²) in [5.41, 5.74) is 1.41. The van der Waals surface area contributed by atoms with Gasteiger partial charge in [-0.15, -0.1) is 0 Å². The van der Waals surface area contributed by atoms with Gasteiger partial charge in [0.15, 0.2) is 5.78 Å². The standard InChI is InChI=1S/C13H17NO2/c1-4-12(15)14-11-7-5-10(6-8-11)13(16)9(2)3/h5-9H,4H2,1-3H3,(H,14,15). The molecule has 16 heavy (non-hydrogen) atoms. The molecule has 0 atom stereocenters. The predicted molar refractivity (Wildman–Crippen MR) is 64.5 cm³/mol. The third-order valence-electron chi connectivity index (χ3n) is 2.30. The van der Waals surface area contributed by atoms with Crippen LogP contribution in [0.3, 0.4) is 0 Å². The molecule has 3 nitrogen and oxygen atoms in total. The molecule has 0 saturated heterocycles. The van der Waals surface area contributed by atoms with Crippen LogP contribution in [0.1, 0.15) is 37.6 Å². The molecule has 1 rings (SSSR count). The van der Waals surface area contributed by atoms with Crippen molar-refractivity contribution >= 4 is 17.4 Å². The van der Waals surface area contributed by atoms with E-state index in [2.05, 4.69) is 5.32 Å². The molecule has 1 aromatic carbocycles. The van der Waals surface area contributed by atoms with Crippen LogP contribution < -0.4 is 5.32 Å². The number of carbonyl (C=O) groups is 2. The lowest BCUT2D eigenvalue weighted by atomic mass is 10.0. The van der Waals surface area contributed by atoms with Crippen molar-refractivity contribution in [3.8, 4) is 0 Å². The van der Waals surface area contributed by atoms with Gasteiger partial charge < -0.3 is 5.32 Å². The lowest BCUT2D eigenvalue weighted by Gasteiger charge is -2.06. The smallest absolute Gasteiger partial charge is 0.224 e. The van der Waals surface area contributed by atoms with Crippen molar-refractivity contribution in [2.24, 2.45) is 5.92 Å². The molecule has 0 aliphatic heterocycles. The quantitative estimate of drug-likeness (QED) is 0.791. The molecule has 0 fully saturated rings. The first kappa shape index (κ1) is 12.4. The number of rotatable bonds is 4. The van der Waals surface area contributed by atoms with Crippen LogP contribution in [0.4, 0.5) is 5.69 Å². The molecule has 0 saturated carbocycles. The summed E-state index contributed by atoms with van der Waals surface area (Å²) in [5, 5.41) is 2.74. The van der Waals surface area contributed by atoms with Crippen molar-refractivity contribution in [2.75, 3.05) is 5.32 Å². The van der Waals surface area contributed by atoms with E-state index in [1.54, 1.807) is 31.2 Å². The van der Waals surface area contributed by atoms with Crippen LogP contribution in [-0.4, -0.2) is 11.7 Å². The zero-order chi connectivity index (χ0) is 12.1. The number of hydrogen-bond acceptors (Lipinski definition) is 2. The fourth-order valence-corrected chi connectivity index (χ4v) is 1.30. The Morgan fingerprint density at radius 1 is 1.19 bits per heavy atom. The van der Waals surface area contributed by atoms with E-state index in [0.29, 0.717) is 12.0 Å². The Bertz CT molecular complexity index is 379. The van der Waals surface area contributed by atoms with Crippen molar-refractivity contribution in [1.29, 1.82) is 0 Å².